The molecule has 2 aromatic heterocycles. The average Bonchev–Trinajstić information content (AvgIpc) is 3.15. The predicted octanol–water partition coefficient (Wildman–Crippen LogP) is 4.18. The minimum Gasteiger partial charge on any atom is -0.465 e. The van der Waals surface area contributed by atoms with Crippen molar-refractivity contribution in [3.8, 4) is 0 Å². The number of benzene rings is 1. The van der Waals surface area contributed by atoms with Gasteiger partial charge in [-0.15, -0.1) is 11.3 Å². The Balaban J connectivity index is 1.86. The Bertz CT molecular complexity index is 1040. The molecule has 0 amide bonds. The number of alkyl halides is 3. The van der Waals surface area contributed by atoms with E-state index in [1.54, 1.807) is 29.6 Å². The zero-order valence-corrected chi connectivity index (χ0v) is 16.3. The largest absolute Gasteiger partial charge is 0.465 e. The van der Waals surface area contributed by atoms with Crippen LogP contribution in [-0.4, -0.2) is 28.0 Å². The smallest absolute Gasteiger partial charge is 0.434 e. The molecule has 0 aliphatic heterocycles. The van der Waals surface area contributed by atoms with Crippen LogP contribution in [0.5, 0.6) is 0 Å². The maximum atomic E-state index is 13.2. The number of thiazole rings is 1. The first kappa shape index (κ1) is 21.0. The molecule has 0 spiro atoms. The van der Waals surface area contributed by atoms with Crippen molar-refractivity contribution in [2.24, 2.45) is 5.73 Å². The van der Waals surface area contributed by atoms with E-state index in [0.717, 1.165) is 24.6 Å². The molecule has 1 aromatic carbocycles. The van der Waals surface area contributed by atoms with Crippen molar-refractivity contribution in [3.63, 3.8) is 0 Å². The number of nitrogens with one attached hydrogen (secondary N) is 1. The van der Waals surface area contributed by atoms with E-state index in [1.165, 1.54) is 0 Å². The molecule has 3 rings (SSSR count). The van der Waals surface area contributed by atoms with E-state index in [1.807, 2.05) is 0 Å². The molecular weight excluding hydrogens is 431 g/mol. The molecule has 1 unspecified atom stereocenters. The van der Waals surface area contributed by atoms with Gasteiger partial charge in [-0.25, -0.2) is 19.7 Å². The van der Waals surface area contributed by atoms with Crippen LogP contribution in [0.15, 0.2) is 35.8 Å². The Kier molecular flexibility index (Phi) is 6.01. The Labute approximate surface area is 171 Å². The summed E-state index contributed by atoms with van der Waals surface area (Å²) < 4.78 is 44.0. The number of aromatic nitrogens is 3. The monoisotopic (exact) mass is 443 g/mol. The summed E-state index contributed by atoms with van der Waals surface area (Å²) in [5, 5.41) is 4.92. The van der Waals surface area contributed by atoms with Crippen molar-refractivity contribution >= 4 is 40.0 Å². The number of carbonyl (C=O) groups excluding carboxylic acids is 1. The van der Waals surface area contributed by atoms with E-state index in [-0.39, 0.29) is 11.1 Å². The van der Waals surface area contributed by atoms with E-state index in [0.29, 0.717) is 16.3 Å². The number of hydrogen-bond donors (Lipinski definition) is 2. The van der Waals surface area contributed by atoms with Gasteiger partial charge in [-0.05, 0) is 11.6 Å². The number of nitrogens with zero attached hydrogens (tertiary/aromatic N) is 3. The first-order chi connectivity index (χ1) is 13.7. The van der Waals surface area contributed by atoms with Gasteiger partial charge in [-0.1, -0.05) is 29.8 Å². The summed E-state index contributed by atoms with van der Waals surface area (Å²) in [6.07, 6.45) is -4.13. The molecule has 2 heterocycles. The zero-order chi connectivity index (χ0) is 21.2. The second-order valence-corrected chi connectivity index (χ2v) is 6.91. The fourth-order valence-corrected chi connectivity index (χ4v) is 3.38. The van der Waals surface area contributed by atoms with Gasteiger partial charge in [0.1, 0.15) is 5.56 Å². The molecule has 12 heteroatoms. The highest BCUT2D eigenvalue weighted by Gasteiger charge is 2.38. The van der Waals surface area contributed by atoms with Gasteiger partial charge in [0.25, 0.3) is 0 Å². The summed E-state index contributed by atoms with van der Waals surface area (Å²) in [5.74, 6) is -1.57. The predicted molar refractivity (Wildman–Crippen MR) is 101 cm³/mol. The summed E-state index contributed by atoms with van der Waals surface area (Å²) in [4.78, 5) is 22.9. The van der Waals surface area contributed by atoms with Crippen molar-refractivity contribution in [1.82, 2.24) is 15.0 Å². The van der Waals surface area contributed by atoms with Crippen LogP contribution in [-0.2, 0) is 10.9 Å². The van der Waals surface area contributed by atoms with Crippen LogP contribution in [0, 0.1) is 0 Å². The van der Waals surface area contributed by atoms with Gasteiger partial charge < -0.3 is 15.8 Å². The number of nitrogens with two attached hydrogens (primary N) is 1. The first-order valence-corrected chi connectivity index (χ1v) is 9.21. The number of rotatable bonds is 5. The lowest BCUT2D eigenvalue weighted by Crippen LogP contribution is -2.18. The molecular formula is C17H13ClF3N5O2S. The third-order valence-electron chi connectivity index (χ3n) is 3.76. The Morgan fingerprint density at radius 2 is 2.03 bits per heavy atom. The number of methoxy groups -OCH3 is 1. The Morgan fingerprint density at radius 1 is 1.31 bits per heavy atom. The van der Waals surface area contributed by atoms with Crippen molar-refractivity contribution in [1.29, 1.82) is 0 Å². The van der Waals surface area contributed by atoms with E-state index in [9.17, 15) is 18.0 Å². The van der Waals surface area contributed by atoms with Gasteiger partial charge in [0, 0.05) is 16.6 Å². The SMILES string of the molecule is COC(=O)c1cnc(Nc2nc(C(N)c3ccccc3Cl)cs2)nc1C(F)(F)F. The van der Waals surface area contributed by atoms with Crippen LogP contribution < -0.4 is 11.1 Å². The van der Waals surface area contributed by atoms with Crippen LogP contribution >= 0.6 is 22.9 Å². The molecule has 0 aliphatic carbocycles. The molecule has 0 bridgehead atoms. The van der Waals surface area contributed by atoms with Gasteiger partial charge in [-0.3, -0.25) is 0 Å². The molecule has 152 valence electrons. The van der Waals surface area contributed by atoms with Gasteiger partial charge in [0.15, 0.2) is 10.8 Å². The summed E-state index contributed by atoms with van der Waals surface area (Å²) in [6.45, 7) is 0. The Morgan fingerprint density at radius 3 is 2.69 bits per heavy atom. The van der Waals surface area contributed by atoms with Gasteiger partial charge in [-0.2, -0.15) is 13.2 Å². The van der Waals surface area contributed by atoms with E-state index < -0.39 is 29.4 Å². The van der Waals surface area contributed by atoms with E-state index >= 15 is 0 Å². The van der Waals surface area contributed by atoms with E-state index in [4.69, 9.17) is 17.3 Å². The number of hydrogen-bond acceptors (Lipinski definition) is 8. The normalized spacial score (nSPS) is 12.5. The molecule has 29 heavy (non-hydrogen) atoms. The molecule has 0 aliphatic rings. The summed E-state index contributed by atoms with van der Waals surface area (Å²) in [5.41, 5.74) is 5.10. The van der Waals surface area contributed by atoms with Gasteiger partial charge >= 0.3 is 12.1 Å². The quantitative estimate of drug-likeness (QED) is 0.570. The second kappa shape index (κ2) is 8.31. The van der Waals surface area contributed by atoms with Crippen LogP contribution in [0.2, 0.25) is 5.02 Å². The highest BCUT2D eigenvalue weighted by molar-refractivity contribution is 7.13. The average molecular weight is 444 g/mol. The number of ether oxygens (including phenoxy) is 1. The molecule has 3 N–H and O–H groups in total. The van der Waals surface area contributed by atoms with E-state index in [2.05, 4.69) is 25.0 Å². The molecule has 0 radical (unpaired) electrons. The fourth-order valence-electron chi connectivity index (χ4n) is 2.39. The number of carbonyl (C=O) groups is 1. The molecule has 0 fully saturated rings. The molecule has 7 nitrogen and oxygen atoms in total. The summed E-state index contributed by atoms with van der Waals surface area (Å²) >= 11 is 7.24. The van der Waals surface area contributed by atoms with Crippen molar-refractivity contribution in [2.75, 3.05) is 12.4 Å². The number of anilines is 2. The molecule has 3 aromatic rings. The highest BCUT2D eigenvalue weighted by atomic mass is 35.5. The van der Waals surface area contributed by atoms with Crippen molar-refractivity contribution < 1.29 is 22.7 Å². The van der Waals surface area contributed by atoms with Gasteiger partial charge in [0.05, 0.1) is 18.8 Å². The third kappa shape index (κ3) is 4.63. The van der Waals surface area contributed by atoms with Crippen LogP contribution in [0.25, 0.3) is 0 Å². The lowest BCUT2D eigenvalue weighted by Gasteiger charge is -2.12. The lowest BCUT2D eigenvalue weighted by atomic mass is 10.1. The maximum absolute atomic E-state index is 13.2. The Hall–Kier alpha value is -2.76. The maximum Gasteiger partial charge on any atom is 0.434 e. The van der Waals surface area contributed by atoms with Crippen LogP contribution in [0.1, 0.15) is 33.4 Å². The summed E-state index contributed by atoms with van der Waals surface area (Å²) in [6, 6.07) is 6.37. The molecule has 0 saturated heterocycles. The standard InChI is InChI=1S/C17H13ClF3N5O2S/c1-28-14(27)9-6-23-15(25-13(9)17(19,20)21)26-16-24-11(7-29-16)12(22)8-4-2-3-5-10(8)18/h2-7,12H,22H2,1H3,(H,23,24,25,26). The minimum absolute atomic E-state index is 0.224. The number of esters is 1. The van der Waals surface area contributed by atoms with Crippen molar-refractivity contribution in [2.45, 2.75) is 12.2 Å². The highest BCUT2D eigenvalue weighted by Crippen LogP contribution is 2.32. The molecule has 1 atom stereocenters. The summed E-state index contributed by atoms with van der Waals surface area (Å²) in [7, 11) is 0.966. The third-order valence-corrected chi connectivity index (χ3v) is 4.88. The minimum atomic E-state index is -4.87. The second-order valence-electron chi connectivity index (χ2n) is 5.65. The number of halogens is 4. The first-order valence-electron chi connectivity index (χ1n) is 7.95. The lowest BCUT2D eigenvalue weighted by molar-refractivity contribution is -0.141. The zero-order valence-electron chi connectivity index (χ0n) is 14.7. The van der Waals surface area contributed by atoms with Crippen LogP contribution in [0.3, 0.4) is 0 Å². The van der Waals surface area contributed by atoms with Crippen molar-refractivity contribution in [3.05, 3.63) is 63.4 Å². The topological polar surface area (TPSA) is 103 Å². The fraction of sp³-hybridized carbons (Fsp3) is 0.176. The molecule has 0 saturated carbocycles. The van der Waals surface area contributed by atoms with Gasteiger partial charge in [0.2, 0.25) is 5.95 Å². The van der Waals surface area contributed by atoms with Crippen LogP contribution in [0.4, 0.5) is 24.3 Å².